The summed E-state index contributed by atoms with van der Waals surface area (Å²) in [7, 11) is 0. The lowest BCUT2D eigenvalue weighted by molar-refractivity contribution is 0.694. The van der Waals surface area contributed by atoms with Crippen molar-refractivity contribution in [3.05, 3.63) is 30.7 Å². The van der Waals surface area contributed by atoms with Crippen LogP contribution in [0, 0.1) is 6.42 Å². The van der Waals surface area contributed by atoms with Gasteiger partial charge in [0.15, 0.2) is 0 Å². The summed E-state index contributed by atoms with van der Waals surface area (Å²) in [5.74, 6) is 0. The van der Waals surface area contributed by atoms with Crippen LogP contribution in [0.4, 0.5) is 0 Å². The predicted molar refractivity (Wildman–Crippen MR) is 54.9 cm³/mol. The third-order valence-corrected chi connectivity index (χ3v) is 2.18. The maximum Gasteiger partial charge on any atom is -0.0167 e. The molecule has 0 heteroatoms. The van der Waals surface area contributed by atoms with Crippen LogP contribution in [0.5, 0.6) is 0 Å². The highest BCUT2D eigenvalue weighted by atomic mass is 13.9. The molecule has 1 rings (SSSR count). The second-order valence-electron chi connectivity index (χ2n) is 3.35. The lowest BCUT2D eigenvalue weighted by atomic mass is 10.1. The van der Waals surface area contributed by atoms with Crippen LogP contribution in [-0.4, -0.2) is 0 Å². The Morgan fingerprint density at radius 2 is 1.33 bits per heavy atom. The summed E-state index contributed by atoms with van der Waals surface area (Å²) in [6.45, 7) is 0. The van der Waals surface area contributed by atoms with Crippen molar-refractivity contribution in [3.8, 4) is 0 Å². The normalized spacial score (nSPS) is 26.7. The first-order valence-electron chi connectivity index (χ1n) is 5.13. The average Bonchev–Trinajstić information content (AvgIpc) is 2.05. The van der Waals surface area contributed by atoms with Gasteiger partial charge in [-0.25, -0.2) is 0 Å². The first kappa shape index (κ1) is 9.57. The molecule has 0 fully saturated rings. The van der Waals surface area contributed by atoms with Gasteiger partial charge in [-0.3, -0.25) is 0 Å². The molecule has 0 amide bonds. The zero-order chi connectivity index (χ0) is 8.49. The second-order valence-corrected chi connectivity index (χ2v) is 3.35. The van der Waals surface area contributed by atoms with E-state index in [0.717, 1.165) is 0 Å². The molecule has 0 heterocycles. The van der Waals surface area contributed by atoms with E-state index in [-0.39, 0.29) is 0 Å². The molecule has 0 aromatic heterocycles. The van der Waals surface area contributed by atoms with Gasteiger partial charge in [-0.1, -0.05) is 30.7 Å². The lowest BCUT2D eigenvalue weighted by Gasteiger charge is -1.97. The van der Waals surface area contributed by atoms with Gasteiger partial charge in [0.1, 0.15) is 0 Å². The molecule has 1 aliphatic carbocycles. The molecule has 0 aromatic carbocycles. The van der Waals surface area contributed by atoms with Gasteiger partial charge in [0.05, 0.1) is 0 Å². The fourth-order valence-corrected chi connectivity index (χ4v) is 1.42. The molecule has 1 radical (unpaired) electrons. The Labute approximate surface area is 76.4 Å². The van der Waals surface area contributed by atoms with E-state index in [1.807, 2.05) is 0 Å². The summed E-state index contributed by atoms with van der Waals surface area (Å²) in [6, 6.07) is 0. The zero-order valence-corrected chi connectivity index (χ0v) is 7.84. The van der Waals surface area contributed by atoms with Gasteiger partial charge < -0.3 is 0 Å². The summed E-state index contributed by atoms with van der Waals surface area (Å²) in [6.07, 6.45) is 20.5. The Bertz CT molecular complexity index is 126. The third-order valence-electron chi connectivity index (χ3n) is 2.18. The zero-order valence-electron chi connectivity index (χ0n) is 7.84. The van der Waals surface area contributed by atoms with Gasteiger partial charge in [-0.05, 0) is 44.9 Å². The van der Waals surface area contributed by atoms with E-state index >= 15 is 0 Å². The quantitative estimate of drug-likeness (QED) is 0.473. The molecule has 12 heavy (non-hydrogen) atoms. The molecule has 0 atom stereocenters. The van der Waals surface area contributed by atoms with E-state index in [1.54, 1.807) is 0 Å². The number of hydrogen-bond donors (Lipinski definition) is 0. The number of rotatable bonds is 0. The summed E-state index contributed by atoms with van der Waals surface area (Å²) in [5, 5.41) is 0. The van der Waals surface area contributed by atoms with Crippen molar-refractivity contribution in [3.63, 3.8) is 0 Å². The SMILES string of the molecule is [CH]1/C=C\CCCCC/C=C\CC1. The van der Waals surface area contributed by atoms with Gasteiger partial charge in [-0.15, -0.1) is 0 Å². The van der Waals surface area contributed by atoms with Gasteiger partial charge in [0.2, 0.25) is 0 Å². The van der Waals surface area contributed by atoms with Crippen molar-refractivity contribution in [1.29, 1.82) is 0 Å². The van der Waals surface area contributed by atoms with E-state index in [4.69, 9.17) is 0 Å². The minimum atomic E-state index is 1.20. The molecule has 0 saturated carbocycles. The van der Waals surface area contributed by atoms with Crippen molar-refractivity contribution >= 4 is 0 Å². The molecule has 0 N–H and O–H groups in total. The van der Waals surface area contributed by atoms with Gasteiger partial charge >= 0.3 is 0 Å². The Hall–Kier alpha value is -0.520. The molecule has 0 bridgehead atoms. The van der Waals surface area contributed by atoms with Crippen LogP contribution in [0.3, 0.4) is 0 Å². The monoisotopic (exact) mass is 163 g/mol. The van der Waals surface area contributed by atoms with Crippen LogP contribution < -0.4 is 0 Å². The standard InChI is InChI=1S/C12H19/c1-2-4-6-8-10-12-11-9-7-5-3-1/h1-3,8,10H,4-7,9,11-12H2/b3-1-,10-8-. The minimum Gasteiger partial charge on any atom is -0.0885 e. The third kappa shape index (κ3) is 5.17. The Morgan fingerprint density at radius 3 is 2.25 bits per heavy atom. The van der Waals surface area contributed by atoms with Gasteiger partial charge in [0.25, 0.3) is 0 Å². The van der Waals surface area contributed by atoms with Crippen molar-refractivity contribution in [2.45, 2.75) is 44.9 Å². The summed E-state index contributed by atoms with van der Waals surface area (Å²) < 4.78 is 0. The molecule has 67 valence electrons. The van der Waals surface area contributed by atoms with Gasteiger partial charge in [-0.2, -0.15) is 0 Å². The van der Waals surface area contributed by atoms with E-state index < -0.39 is 0 Å². The van der Waals surface area contributed by atoms with Crippen LogP contribution in [0.25, 0.3) is 0 Å². The lowest BCUT2D eigenvalue weighted by Crippen LogP contribution is -1.78. The molecular formula is C12H19. The predicted octanol–water partition coefficient (Wildman–Crippen LogP) is 4.05. The van der Waals surface area contributed by atoms with Crippen LogP contribution in [-0.2, 0) is 0 Å². The first-order chi connectivity index (χ1) is 6.00. The maximum absolute atomic E-state index is 2.33. The molecule has 0 saturated heterocycles. The van der Waals surface area contributed by atoms with Crippen LogP contribution in [0.15, 0.2) is 24.3 Å². The Morgan fingerprint density at radius 1 is 0.583 bits per heavy atom. The smallest absolute Gasteiger partial charge is 0.0167 e. The highest BCUT2D eigenvalue weighted by molar-refractivity contribution is 4.96. The Kier molecular flexibility index (Phi) is 5.70. The van der Waals surface area contributed by atoms with E-state index in [1.165, 1.54) is 44.9 Å². The van der Waals surface area contributed by atoms with Gasteiger partial charge in [0, 0.05) is 0 Å². The van der Waals surface area contributed by atoms with Crippen LogP contribution in [0.2, 0.25) is 0 Å². The maximum atomic E-state index is 2.33. The largest absolute Gasteiger partial charge is 0.0885 e. The van der Waals surface area contributed by atoms with E-state index in [9.17, 15) is 0 Å². The number of allylic oxidation sites excluding steroid dienone is 4. The second kappa shape index (κ2) is 7.15. The highest BCUT2D eigenvalue weighted by Gasteiger charge is 1.88. The minimum absolute atomic E-state index is 1.20. The summed E-state index contributed by atoms with van der Waals surface area (Å²) in [5.41, 5.74) is 0. The van der Waals surface area contributed by atoms with Crippen molar-refractivity contribution in [1.82, 2.24) is 0 Å². The Balaban J connectivity index is 2.19. The molecule has 0 nitrogen and oxygen atoms in total. The molecular weight excluding hydrogens is 144 g/mol. The molecule has 1 aliphatic rings. The highest BCUT2D eigenvalue weighted by Crippen LogP contribution is 2.07. The molecule has 0 aliphatic heterocycles. The molecule has 0 unspecified atom stereocenters. The van der Waals surface area contributed by atoms with Crippen LogP contribution >= 0.6 is 0 Å². The first-order valence-corrected chi connectivity index (χ1v) is 5.13. The van der Waals surface area contributed by atoms with Crippen molar-refractivity contribution < 1.29 is 0 Å². The van der Waals surface area contributed by atoms with E-state index in [2.05, 4.69) is 30.7 Å². The molecule has 0 spiro atoms. The summed E-state index contributed by atoms with van der Waals surface area (Å²) in [4.78, 5) is 0. The van der Waals surface area contributed by atoms with E-state index in [0.29, 0.717) is 0 Å². The van der Waals surface area contributed by atoms with Crippen molar-refractivity contribution in [2.24, 2.45) is 0 Å². The summed E-state index contributed by atoms with van der Waals surface area (Å²) >= 11 is 0. The number of hydrogen-bond acceptors (Lipinski definition) is 0. The van der Waals surface area contributed by atoms with Crippen LogP contribution in [0.1, 0.15) is 44.9 Å². The fraction of sp³-hybridized carbons (Fsp3) is 0.583. The molecule has 0 aromatic rings. The van der Waals surface area contributed by atoms with Crippen molar-refractivity contribution in [2.75, 3.05) is 0 Å². The topological polar surface area (TPSA) is 0 Å². The fourth-order valence-electron chi connectivity index (χ4n) is 1.42. The average molecular weight is 163 g/mol.